The van der Waals surface area contributed by atoms with E-state index in [1.165, 1.54) is 0 Å². The van der Waals surface area contributed by atoms with E-state index in [0.29, 0.717) is 19.4 Å². The van der Waals surface area contributed by atoms with Crippen molar-refractivity contribution in [2.45, 2.75) is 58.8 Å². The van der Waals surface area contributed by atoms with E-state index in [9.17, 15) is 14.4 Å². The van der Waals surface area contributed by atoms with E-state index < -0.39 is 0 Å². The highest BCUT2D eigenvalue weighted by Crippen LogP contribution is 2.24. The van der Waals surface area contributed by atoms with Crippen molar-refractivity contribution in [2.75, 3.05) is 6.61 Å². The molecule has 1 aliphatic rings. The van der Waals surface area contributed by atoms with Crippen LogP contribution in [0.4, 0.5) is 4.79 Å². The molecule has 0 saturated carbocycles. The molecule has 1 unspecified atom stereocenters. The topological polar surface area (TPSA) is 94.6 Å². The minimum absolute atomic E-state index is 0.161. The van der Waals surface area contributed by atoms with Gasteiger partial charge in [-0.15, -0.1) is 0 Å². The quantitative estimate of drug-likeness (QED) is 0.520. The van der Waals surface area contributed by atoms with E-state index in [-0.39, 0.29) is 34.4 Å². The second kappa shape index (κ2) is 13.0. The highest BCUT2D eigenvalue weighted by molar-refractivity contribution is 8.15. The van der Waals surface area contributed by atoms with Crippen molar-refractivity contribution in [3.8, 4) is 5.75 Å². The minimum atomic E-state index is -0.370. The number of thioether (sulfide) groups is 1. The van der Waals surface area contributed by atoms with Crippen molar-refractivity contribution < 1.29 is 23.9 Å². The lowest BCUT2D eigenvalue weighted by Gasteiger charge is -2.15. The molecule has 2 heterocycles. The number of nitrogens with one attached hydrogen (secondary N) is 1. The smallest absolute Gasteiger partial charge is 0.308 e. The van der Waals surface area contributed by atoms with Crippen LogP contribution in [0, 0.1) is 5.92 Å². The SMILES string of the molecule is CC.CC(C)C(=O)OC(C)c1ccc(CCOc2ccc(C[C@H]3SC(=O)NC3=O)cc2)nc1. The fourth-order valence-corrected chi connectivity index (χ4v) is 3.80. The maximum absolute atomic E-state index is 11.7. The number of aromatic nitrogens is 1. The first-order chi connectivity index (χ1) is 15.8. The lowest BCUT2D eigenvalue weighted by molar-refractivity contribution is -0.152. The average molecular weight is 473 g/mol. The fourth-order valence-electron chi connectivity index (χ4n) is 2.94. The molecule has 7 nitrogen and oxygen atoms in total. The summed E-state index contributed by atoms with van der Waals surface area (Å²) in [5, 5.41) is 1.64. The van der Waals surface area contributed by atoms with Crippen molar-refractivity contribution in [3.63, 3.8) is 0 Å². The molecule has 2 aromatic rings. The van der Waals surface area contributed by atoms with Crippen LogP contribution < -0.4 is 10.1 Å². The van der Waals surface area contributed by atoms with Gasteiger partial charge in [0.15, 0.2) is 0 Å². The second-order valence-corrected chi connectivity index (χ2v) is 8.82. The van der Waals surface area contributed by atoms with Crippen molar-refractivity contribution in [2.24, 2.45) is 5.92 Å². The molecule has 1 aromatic heterocycles. The van der Waals surface area contributed by atoms with Crippen LogP contribution in [0.2, 0.25) is 0 Å². The molecule has 2 amide bonds. The van der Waals surface area contributed by atoms with Crippen LogP contribution >= 0.6 is 11.8 Å². The summed E-state index contributed by atoms with van der Waals surface area (Å²) in [7, 11) is 0. The predicted octanol–water partition coefficient (Wildman–Crippen LogP) is 4.88. The predicted molar refractivity (Wildman–Crippen MR) is 129 cm³/mol. The number of ether oxygens (including phenoxy) is 2. The molecule has 33 heavy (non-hydrogen) atoms. The monoisotopic (exact) mass is 472 g/mol. The third kappa shape index (κ3) is 8.20. The molecule has 0 radical (unpaired) electrons. The Morgan fingerprint density at radius 1 is 1.09 bits per heavy atom. The average Bonchev–Trinajstić information content (AvgIpc) is 3.13. The molecule has 178 valence electrons. The number of nitrogens with zero attached hydrogens (tertiary/aromatic N) is 1. The van der Waals surface area contributed by atoms with Crippen LogP contribution in [0.25, 0.3) is 0 Å². The minimum Gasteiger partial charge on any atom is -0.493 e. The van der Waals surface area contributed by atoms with Crippen LogP contribution in [-0.2, 0) is 27.2 Å². The first-order valence-corrected chi connectivity index (χ1v) is 12.1. The number of hydrogen-bond acceptors (Lipinski definition) is 7. The Hall–Kier alpha value is -2.87. The van der Waals surface area contributed by atoms with E-state index in [1.807, 2.05) is 57.2 Å². The zero-order valence-corrected chi connectivity index (χ0v) is 20.6. The molecule has 2 atom stereocenters. The number of carbonyl (C=O) groups excluding carboxylic acids is 3. The Labute approximate surface area is 199 Å². The maximum atomic E-state index is 11.7. The Balaban J connectivity index is 0.00000187. The zero-order valence-electron chi connectivity index (χ0n) is 19.8. The van der Waals surface area contributed by atoms with Gasteiger partial charge in [0.1, 0.15) is 11.9 Å². The Morgan fingerprint density at radius 2 is 1.79 bits per heavy atom. The van der Waals surface area contributed by atoms with Gasteiger partial charge in [0.25, 0.3) is 5.24 Å². The Kier molecular flexibility index (Phi) is 10.4. The van der Waals surface area contributed by atoms with E-state index in [2.05, 4.69) is 10.3 Å². The van der Waals surface area contributed by atoms with Crippen molar-refractivity contribution in [1.29, 1.82) is 0 Å². The number of hydrogen-bond donors (Lipinski definition) is 1. The van der Waals surface area contributed by atoms with Gasteiger partial charge in [0.05, 0.1) is 17.8 Å². The summed E-state index contributed by atoms with van der Waals surface area (Å²) in [6.07, 6.45) is 2.54. The van der Waals surface area contributed by atoms with Crippen molar-refractivity contribution in [3.05, 3.63) is 59.4 Å². The van der Waals surface area contributed by atoms with Crippen LogP contribution in [0.5, 0.6) is 5.75 Å². The first-order valence-electron chi connectivity index (χ1n) is 11.2. The molecule has 1 saturated heterocycles. The molecule has 1 aliphatic heterocycles. The summed E-state index contributed by atoms with van der Waals surface area (Å²) in [6, 6.07) is 11.3. The largest absolute Gasteiger partial charge is 0.493 e. The summed E-state index contributed by atoms with van der Waals surface area (Å²) in [5.74, 6) is 0.108. The summed E-state index contributed by atoms with van der Waals surface area (Å²) >= 11 is 1.03. The van der Waals surface area contributed by atoms with E-state index in [0.717, 1.165) is 34.3 Å². The lowest BCUT2D eigenvalue weighted by atomic mass is 10.1. The molecule has 0 aliphatic carbocycles. The number of amides is 2. The van der Waals surface area contributed by atoms with Gasteiger partial charge in [-0.2, -0.15) is 0 Å². The number of rotatable bonds is 9. The maximum Gasteiger partial charge on any atom is 0.308 e. The fraction of sp³-hybridized carbons (Fsp3) is 0.440. The molecular formula is C25H32N2O5S. The summed E-state index contributed by atoms with van der Waals surface area (Å²) in [4.78, 5) is 39.0. The lowest BCUT2D eigenvalue weighted by Crippen LogP contribution is -2.25. The third-order valence-electron chi connectivity index (χ3n) is 4.82. The normalized spacial score (nSPS) is 16.0. The van der Waals surface area contributed by atoms with Crippen LogP contribution in [0.1, 0.15) is 57.5 Å². The summed E-state index contributed by atoms with van der Waals surface area (Å²) in [5.41, 5.74) is 2.71. The highest BCUT2D eigenvalue weighted by atomic mass is 32.2. The molecule has 1 N–H and O–H groups in total. The van der Waals surface area contributed by atoms with Crippen LogP contribution in [0.15, 0.2) is 42.6 Å². The third-order valence-corrected chi connectivity index (χ3v) is 5.80. The molecule has 1 aromatic carbocycles. The van der Waals surface area contributed by atoms with Gasteiger partial charge in [-0.25, -0.2) is 0 Å². The van der Waals surface area contributed by atoms with E-state index >= 15 is 0 Å². The van der Waals surface area contributed by atoms with Gasteiger partial charge < -0.3 is 9.47 Å². The van der Waals surface area contributed by atoms with Crippen molar-refractivity contribution >= 4 is 28.9 Å². The van der Waals surface area contributed by atoms with Gasteiger partial charge in [-0.3, -0.25) is 24.7 Å². The van der Waals surface area contributed by atoms with E-state index in [1.54, 1.807) is 20.0 Å². The first kappa shape index (κ1) is 26.4. The van der Waals surface area contributed by atoms with Gasteiger partial charge in [0, 0.05) is 23.9 Å². The molecular weight excluding hydrogens is 440 g/mol. The molecule has 0 spiro atoms. The molecule has 1 fully saturated rings. The van der Waals surface area contributed by atoms with Crippen LogP contribution in [-0.4, -0.2) is 34.0 Å². The molecule has 8 heteroatoms. The zero-order chi connectivity index (χ0) is 24.4. The molecule has 0 bridgehead atoms. The standard InChI is InChI=1S/C23H26N2O5S.C2H6/c1-14(2)22(27)30-15(3)17-6-7-18(24-13-17)10-11-29-19-8-4-16(5-9-19)12-20-21(26)25-23(28)31-20;1-2/h4-9,13-15,20H,10-12H2,1-3H3,(H,25,26,28);1-2H3/t15?,20-;/m1./s1. The van der Waals surface area contributed by atoms with E-state index in [4.69, 9.17) is 9.47 Å². The summed E-state index contributed by atoms with van der Waals surface area (Å²) in [6.45, 7) is 9.91. The number of esters is 1. The highest BCUT2D eigenvalue weighted by Gasteiger charge is 2.31. The Bertz CT molecular complexity index is 929. The van der Waals surface area contributed by atoms with Gasteiger partial charge in [-0.05, 0) is 37.1 Å². The number of imide groups is 1. The number of carbonyl (C=O) groups is 3. The van der Waals surface area contributed by atoms with Gasteiger partial charge in [-0.1, -0.05) is 57.7 Å². The Morgan fingerprint density at radius 3 is 2.33 bits per heavy atom. The second-order valence-electron chi connectivity index (χ2n) is 7.65. The number of pyridine rings is 1. The van der Waals surface area contributed by atoms with Crippen LogP contribution in [0.3, 0.4) is 0 Å². The molecule has 3 rings (SSSR count). The summed E-state index contributed by atoms with van der Waals surface area (Å²) < 4.78 is 11.2. The number of benzene rings is 1. The van der Waals surface area contributed by atoms with Crippen molar-refractivity contribution in [1.82, 2.24) is 10.3 Å². The van der Waals surface area contributed by atoms with Gasteiger partial charge in [0.2, 0.25) is 5.91 Å². The van der Waals surface area contributed by atoms with Gasteiger partial charge >= 0.3 is 5.97 Å².